The van der Waals surface area contributed by atoms with Crippen molar-refractivity contribution >= 4 is 0 Å². The van der Waals surface area contributed by atoms with E-state index in [1.165, 1.54) is 25.7 Å². The number of hydrazine groups is 1. The van der Waals surface area contributed by atoms with Crippen molar-refractivity contribution < 1.29 is 4.74 Å². The smallest absolute Gasteiger partial charge is 0.0820 e. The second-order valence-electron chi connectivity index (χ2n) is 4.79. The van der Waals surface area contributed by atoms with Gasteiger partial charge in [0, 0.05) is 6.61 Å². The number of nitrogens with two attached hydrogens (primary N) is 1. The monoisotopic (exact) mass is 214 g/mol. The molecule has 0 aromatic carbocycles. The molecule has 90 valence electrons. The molecule has 15 heavy (non-hydrogen) atoms. The van der Waals surface area contributed by atoms with Crippen molar-refractivity contribution in [1.29, 1.82) is 0 Å². The molecule has 0 aliphatic heterocycles. The van der Waals surface area contributed by atoms with Crippen molar-refractivity contribution in [2.75, 3.05) is 6.61 Å². The highest BCUT2D eigenvalue weighted by molar-refractivity contribution is 4.93. The highest BCUT2D eigenvalue weighted by atomic mass is 16.5. The molecule has 2 atom stereocenters. The summed E-state index contributed by atoms with van der Waals surface area (Å²) in [6.07, 6.45) is 6.27. The van der Waals surface area contributed by atoms with Crippen LogP contribution in [-0.2, 0) is 4.74 Å². The second-order valence-corrected chi connectivity index (χ2v) is 4.79. The van der Waals surface area contributed by atoms with Crippen molar-refractivity contribution in [3.8, 4) is 0 Å². The normalized spacial score (nSPS) is 24.0. The van der Waals surface area contributed by atoms with E-state index in [-0.39, 0.29) is 5.60 Å². The van der Waals surface area contributed by atoms with Gasteiger partial charge >= 0.3 is 0 Å². The molecule has 2 unspecified atom stereocenters. The first-order valence-electron chi connectivity index (χ1n) is 6.28. The van der Waals surface area contributed by atoms with Gasteiger partial charge in [-0.15, -0.1) is 0 Å². The van der Waals surface area contributed by atoms with Crippen LogP contribution in [0.2, 0.25) is 0 Å². The summed E-state index contributed by atoms with van der Waals surface area (Å²) in [4.78, 5) is 0. The Bertz CT molecular complexity index is 180. The van der Waals surface area contributed by atoms with Crippen LogP contribution >= 0.6 is 0 Å². The van der Waals surface area contributed by atoms with Crippen LogP contribution in [0.5, 0.6) is 0 Å². The maximum atomic E-state index is 5.90. The minimum absolute atomic E-state index is 0.113. The Morgan fingerprint density at radius 3 is 2.40 bits per heavy atom. The fourth-order valence-electron chi connectivity index (χ4n) is 2.84. The summed E-state index contributed by atoms with van der Waals surface area (Å²) in [5, 5.41) is 0. The third-order valence-corrected chi connectivity index (χ3v) is 3.88. The van der Waals surface area contributed by atoms with Gasteiger partial charge in [0.2, 0.25) is 0 Å². The Morgan fingerprint density at radius 1 is 1.40 bits per heavy atom. The van der Waals surface area contributed by atoms with Crippen molar-refractivity contribution in [1.82, 2.24) is 5.43 Å². The molecular weight excluding hydrogens is 188 g/mol. The maximum Gasteiger partial charge on any atom is 0.0820 e. The SMILES string of the molecule is CCOC(C)(CC)C(NN)C1CCCC1. The number of rotatable bonds is 6. The fraction of sp³-hybridized carbons (Fsp3) is 1.00. The largest absolute Gasteiger partial charge is 0.374 e. The van der Waals surface area contributed by atoms with Gasteiger partial charge in [0.1, 0.15) is 0 Å². The number of hydrogen-bond donors (Lipinski definition) is 2. The van der Waals surface area contributed by atoms with Gasteiger partial charge in [-0.05, 0) is 39.0 Å². The lowest BCUT2D eigenvalue weighted by atomic mass is 9.83. The number of ether oxygens (including phenoxy) is 1. The Kier molecular flexibility index (Phi) is 5.03. The van der Waals surface area contributed by atoms with E-state index in [2.05, 4.69) is 26.2 Å². The van der Waals surface area contributed by atoms with Gasteiger partial charge in [-0.25, -0.2) is 0 Å². The maximum absolute atomic E-state index is 5.90. The molecule has 1 saturated carbocycles. The van der Waals surface area contributed by atoms with Crippen molar-refractivity contribution in [2.45, 2.75) is 64.5 Å². The predicted molar refractivity (Wildman–Crippen MR) is 63.4 cm³/mol. The van der Waals surface area contributed by atoms with Gasteiger partial charge in [-0.2, -0.15) is 0 Å². The van der Waals surface area contributed by atoms with E-state index >= 15 is 0 Å². The van der Waals surface area contributed by atoms with Crippen LogP contribution in [0, 0.1) is 5.92 Å². The Balaban J connectivity index is 2.68. The van der Waals surface area contributed by atoms with Gasteiger partial charge in [-0.3, -0.25) is 11.3 Å². The first kappa shape index (κ1) is 12.9. The van der Waals surface area contributed by atoms with Crippen molar-refractivity contribution in [3.05, 3.63) is 0 Å². The van der Waals surface area contributed by atoms with Crippen LogP contribution in [-0.4, -0.2) is 18.2 Å². The summed E-state index contributed by atoms with van der Waals surface area (Å²) in [5.41, 5.74) is 2.88. The number of nitrogens with one attached hydrogen (secondary N) is 1. The van der Waals surface area contributed by atoms with Gasteiger partial charge in [0.05, 0.1) is 11.6 Å². The zero-order valence-corrected chi connectivity index (χ0v) is 10.4. The average Bonchev–Trinajstić information content (AvgIpc) is 2.72. The molecule has 0 aromatic heterocycles. The lowest BCUT2D eigenvalue weighted by molar-refractivity contribution is -0.0688. The molecule has 1 fully saturated rings. The Morgan fingerprint density at radius 2 is 2.00 bits per heavy atom. The van der Waals surface area contributed by atoms with E-state index in [0.717, 1.165) is 13.0 Å². The summed E-state index contributed by atoms with van der Waals surface area (Å²) in [7, 11) is 0. The van der Waals surface area contributed by atoms with E-state index in [1.54, 1.807) is 0 Å². The van der Waals surface area contributed by atoms with Crippen LogP contribution in [0.25, 0.3) is 0 Å². The average molecular weight is 214 g/mol. The third-order valence-electron chi connectivity index (χ3n) is 3.88. The predicted octanol–water partition coefficient (Wildman–Crippen LogP) is 2.21. The second kappa shape index (κ2) is 5.83. The molecule has 3 nitrogen and oxygen atoms in total. The molecule has 1 aliphatic rings. The summed E-state index contributed by atoms with van der Waals surface area (Å²) in [5.74, 6) is 6.40. The molecule has 1 rings (SSSR count). The zero-order chi connectivity index (χ0) is 11.3. The van der Waals surface area contributed by atoms with Crippen LogP contribution in [0.4, 0.5) is 0 Å². The molecule has 0 amide bonds. The van der Waals surface area contributed by atoms with E-state index in [4.69, 9.17) is 10.6 Å². The fourth-order valence-corrected chi connectivity index (χ4v) is 2.84. The third kappa shape index (κ3) is 2.92. The molecule has 0 bridgehead atoms. The van der Waals surface area contributed by atoms with Crippen LogP contribution < -0.4 is 11.3 Å². The molecule has 3 heteroatoms. The lowest BCUT2D eigenvalue weighted by Crippen LogP contribution is -2.56. The molecule has 0 heterocycles. The first-order chi connectivity index (χ1) is 7.18. The van der Waals surface area contributed by atoms with E-state index in [9.17, 15) is 0 Å². The van der Waals surface area contributed by atoms with Crippen LogP contribution in [0.15, 0.2) is 0 Å². The lowest BCUT2D eigenvalue weighted by Gasteiger charge is -2.39. The minimum Gasteiger partial charge on any atom is -0.374 e. The molecular formula is C12H26N2O. The summed E-state index contributed by atoms with van der Waals surface area (Å²) in [6.45, 7) is 7.17. The van der Waals surface area contributed by atoms with E-state index in [0.29, 0.717) is 12.0 Å². The van der Waals surface area contributed by atoms with Gasteiger partial charge < -0.3 is 4.74 Å². The van der Waals surface area contributed by atoms with Crippen LogP contribution in [0.1, 0.15) is 52.9 Å². The molecule has 0 spiro atoms. The first-order valence-corrected chi connectivity index (χ1v) is 6.28. The molecule has 1 aliphatic carbocycles. The van der Waals surface area contributed by atoms with Crippen molar-refractivity contribution in [3.63, 3.8) is 0 Å². The van der Waals surface area contributed by atoms with Gasteiger partial charge in [-0.1, -0.05) is 19.8 Å². The zero-order valence-electron chi connectivity index (χ0n) is 10.4. The van der Waals surface area contributed by atoms with Gasteiger partial charge in [0.15, 0.2) is 0 Å². The summed E-state index contributed by atoms with van der Waals surface area (Å²) >= 11 is 0. The summed E-state index contributed by atoms with van der Waals surface area (Å²) in [6, 6.07) is 0.296. The van der Waals surface area contributed by atoms with E-state index in [1.807, 2.05) is 0 Å². The highest BCUT2D eigenvalue weighted by Gasteiger charge is 2.39. The minimum atomic E-state index is -0.113. The van der Waals surface area contributed by atoms with Crippen molar-refractivity contribution in [2.24, 2.45) is 11.8 Å². The summed E-state index contributed by atoms with van der Waals surface area (Å²) < 4.78 is 5.90. The Hall–Kier alpha value is -0.120. The van der Waals surface area contributed by atoms with Gasteiger partial charge in [0.25, 0.3) is 0 Å². The Labute approximate surface area is 93.7 Å². The quantitative estimate of drug-likeness (QED) is 0.526. The van der Waals surface area contributed by atoms with Crippen LogP contribution in [0.3, 0.4) is 0 Å². The molecule has 0 saturated heterocycles. The number of hydrogen-bond acceptors (Lipinski definition) is 3. The van der Waals surface area contributed by atoms with E-state index < -0.39 is 0 Å². The topological polar surface area (TPSA) is 47.3 Å². The molecule has 3 N–H and O–H groups in total. The standard InChI is InChI=1S/C12H26N2O/c1-4-12(3,15-5-2)11(14-13)10-8-6-7-9-10/h10-11,14H,4-9,13H2,1-3H3. The highest BCUT2D eigenvalue weighted by Crippen LogP contribution is 2.34. The molecule has 0 radical (unpaired) electrons. The molecule has 0 aromatic rings.